The average molecular weight is 277 g/mol. The van der Waals surface area contributed by atoms with Crippen molar-refractivity contribution in [3.05, 3.63) is 0 Å². The first-order valence-corrected chi connectivity index (χ1v) is 7.17. The summed E-state index contributed by atoms with van der Waals surface area (Å²) in [5, 5.41) is 15.4. The summed E-state index contributed by atoms with van der Waals surface area (Å²) in [6.45, 7) is 7.89. The van der Waals surface area contributed by atoms with Gasteiger partial charge in [-0.25, -0.2) is 0 Å². The summed E-state index contributed by atoms with van der Waals surface area (Å²) < 4.78 is 11.4. The van der Waals surface area contributed by atoms with Crippen LogP contribution in [-0.4, -0.2) is 19.0 Å². The molecule has 0 aliphatic rings. The van der Waals surface area contributed by atoms with Crippen LogP contribution < -0.4 is 5.73 Å². The van der Waals surface area contributed by atoms with Crippen molar-refractivity contribution in [3.8, 4) is 12.1 Å². The lowest BCUT2D eigenvalue weighted by atomic mass is 9.53. The molecule has 0 heterocycles. The van der Waals surface area contributed by atoms with Gasteiger partial charge in [0.15, 0.2) is 8.46 Å². The molecule has 0 amide bonds. The average Bonchev–Trinajstić information content (AvgIpc) is 2.39. The van der Waals surface area contributed by atoms with E-state index in [1.165, 1.54) is 0 Å². The van der Waals surface area contributed by atoms with Gasteiger partial charge in [-0.15, -0.1) is 0 Å². The third kappa shape index (κ3) is 3.56. The molecule has 0 aliphatic heterocycles. The zero-order valence-electron chi connectivity index (χ0n) is 12.1. The van der Waals surface area contributed by atoms with E-state index >= 15 is 0 Å². The molecule has 6 heteroatoms. The van der Waals surface area contributed by atoms with Gasteiger partial charge in [-0.3, -0.25) is 4.57 Å². The molecular formula is C13H21BN3OP. The second-order valence-corrected chi connectivity index (χ2v) is 6.73. The fourth-order valence-corrected chi connectivity index (χ4v) is 2.39. The van der Waals surface area contributed by atoms with E-state index in [2.05, 4.69) is 20.8 Å². The molecule has 0 saturated carbocycles. The van der Waals surface area contributed by atoms with Crippen LogP contribution in [0.4, 0.5) is 0 Å². The van der Waals surface area contributed by atoms with Crippen molar-refractivity contribution in [2.45, 2.75) is 63.5 Å². The molecular weight excluding hydrogens is 256 g/mol. The number of hydrogen-bond acceptors (Lipinski definition) is 4. The zero-order valence-corrected chi connectivity index (χ0v) is 13.0. The smallest absolute Gasteiger partial charge is 0.221 e. The molecule has 0 aromatic rings. The van der Waals surface area contributed by atoms with Crippen molar-refractivity contribution in [2.24, 2.45) is 11.1 Å². The van der Waals surface area contributed by atoms with Crippen LogP contribution >= 0.6 is 8.46 Å². The first-order valence-electron chi connectivity index (χ1n) is 6.36. The fourth-order valence-electron chi connectivity index (χ4n) is 1.82. The predicted molar refractivity (Wildman–Crippen MR) is 77.0 cm³/mol. The van der Waals surface area contributed by atoms with Crippen LogP contribution in [0.15, 0.2) is 0 Å². The number of nitriles is 2. The fraction of sp³-hybridized carbons (Fsp3) is 0.846. The van der Waals surface area contributed by atoms with Crippen molar-refractivity contribution in [3.63, 3.8) is 0 Å². The molecule has 2 N–H and O–H groups in total. The van der Waals surface area contributed by atoms with E-state index in [1.54, 1.807) is 19.1 Å². The highest BCUT2D eigenvalue weighted by atomic mass is 31.1. The van der Waals surface area contributed by atoms with Gasteiger partial charge in [0.2, 0.25) is 5.16 Å². The van der Waals surface area contributed by atoms with Gasteiger partial charge in [-0.1, -0.05) is 40.5 Å². The van der Waals surface area contributed by atoms with Gasteiger partial charge < -0.3 is 5.73 Å². The normalized spacial score (nSPS) is 17.2. The molecule has 2 atom stereocenters. The Morgan fingerprint density at radius 1 is 1.32 bits per heavy atom. The maximum Gasteiger partial charge on any atom is 0.221 e. The SMILES string of the molecule is [B]C(CCC(C)(C)CC)(C(C)N)C(C#N)(C#N)P=O. The topological polar surface area (TPSA) is 90.7 Å². The molecule has 102 valence electrons. The summed E-state index contributed by atoms with van der Waals surface area (Å²) in [6, 6.07) is 2.99. The maximum absolute atomic E-state index is 11.4. The van der Waals surface area contributed by atoms with E-state index in [0.29, 0.717) is 12.8 Å². The van der Waals surface area contributed by atoms with Gasteiger partial charge in [-0.2, -0.15) is 10.5 Å². The first-order chi connectivity index (χ1) is 8.64. The molecule has 0 saturated heterocycles. The lowest BCUT2D eigenvalue weighted by Crippen LogP contribution is -2.48. The molecule has 2 unspecified atom stereocenters. The van der Waals surface area contributed by atoms with Gasteiger partial charge in [0.25, 0.3) is 0 Å². The summed E-state index contributed by atoms with van der Waals surface area (Å²) in [6.07, 6.45) is 2.03. The Hall–Kier alpha value is -0.895. The summed E-state index contributed by atoms with van der Waals surface area (Å²) in [5.74, 6) is 0. The Morgan fingerprint density at radius 2 is 1.79 bits per heavy atom. The van der Waals surface area contributed by atoms with Crippen molar-refractivity contribution < 1.29 is 4.57 Å². The Labute approximate surface area is 119 Å². The summed E-state index contributed by atoms with van der Waals surface area (Å²) in [4.78, 5) is 0. The highest BCUT2D eigenvalue weighted by Crippen LogP contribution is 2.51. The van der Waals surface area contributed by atoms with Crippen LogP contribution in [0.2, 0.25) is 5.31 Å². The molecule has 2 radical (unpaired) electrons. The Balaban J connectivity index is 5.47. The Morgan fingerprint density at radius 3 is 2.05 bits per heavy atom. The van der Waals surface area contributed by atoms with Crippen molar-refractivity contribution in [1.82, 2.24) is 0 Å². The van der Waals surface area contributed by atoms with Gasteiger partial charge in [-0.05, 0) is 17.2 Å². The molecule has 19 heavy (non-hydrogen) atoms. The highest BCUT2D eigenvalue weighted by Gasteiger charge is 2.52. The van der Waals surface area contributed by atoms with E-state index in [1.807, 2.05) is 0 Å². The van der Waals surface area contributed by atoms with E-state index in [0.717, 1.165) is 6.42 Å². The van der Waals surface area contributed by atoms with E-state index in [9.17, 15) is 15.1 Å². The quantitative estimate of drug-likeness (QED) is 0.572. The lowest BCUT2D eigenvalue weighted by Gasteiger charge is -2.41. The third-order valence-corrected chi connectivity index (χ3v) is 5.01. The number of nitrogens with two attached hydrogens (primary N) is 1. The largest absolute Gasteiger partial charge is 0.328 e. The molecule has 0 aromatic heterocycles. The maximum atomic E-state index is 11.4. The van der Waals surface area contributed by atoms with Crippen LogP contribution in [0.25, 0.3) is 0 Å². The molecule has 0 rings (SSSR count). The van der Waals surface area contributed by atoms with Gasteiger partial charge in [0.1, 0.15) is 0 Å². The molecule has 0 aromatic carbocycles. The number of hydrogen-bond donors (Lipinski definition) is 1. The summed E-state index contributed by atoms with van der Waals surface area (Å²) >= 11 is 0. The summed E-state index contributed by atoms with van der Waals surface area (Å²) in [5.41, 5.74) is 5.92. The van der Waals surface area contributed by atoms with Crippen LogP contribution in [0.3, 0.4) is 0 Å². The monoisotopic (exact) mass is 277 g/mol. The zero-order chi connectivity index (χ0) is 15.3. The third-order valence-electron chi connectivity index (χ3n) is 4.12. The van der Waals surface area contributed by atoms with Crippen LogP contribution in [0, 0.1) is 28.1 Å². The van der Waals surface area contributed by atoms with Crippen LogP contribution in [0.1, 0.15) is 47.0 Å². The van der Waals surface area contributed by atoms with Crippen molar-refractivity contribution in [1.29, 1.82) is 10.5 Å². The minimum atomic E-state index is -1.80. The minimum Gasteiger partial charge on any atom is -0.328 e. The standard InChI is InChI=1S/C13H21BN3OP/c1-5-11(3,4)6-7-13(14,10(2)17)12(8-15,9-16)19-18/h10H,5-7,17H2,1-4H3. The van der Waals surface area contributed by atoms with Gasteiger partial charge in [0, 0.05) is 6.04 Å². The van der Waals surface area contributed by atoms with Crippen molar-refractivity contribution >= 4 is 16.3 Å². The van der Waals surface area contributed by atoms with E-state index in [4.69, 9.17) is 13.6 Å². The molecule has 0 bridgehead atoms. The van der Waals surface area contributed by atoms with Crippen LogP contribution in [-0.2, 0) is 4.57 Å². The van der Waals surface area contributed by atoms with Crippen molar-refractivity contribution in [2.75, 3.05) is 0 Å². The number of rotatable bonds is 7. The molecule has 0 spiro atoms. The van der Waals surface area contributed by atoms with E-state index < -0.39 is 25.0 Å². The second-order valence-electron chi connectivity index (χ2n) is 5.87. The Kier molecular flexibility index (Phi) is 6.20. The molecule has 4 nitrogen and oxygen atoms in total. The van der Waals surface area contributed by atoms with Gasteiger partial charge >= 0.3 is 0 Å². The van der Waals surface area contributed by atoms with Crippen LogP contribution in [0.5, 0.6) is 0 Å². The second kappa shape index (κ2) is 6.51. The summed E-state index contributed by atoms with van der Waals surface area (Å²) in [7, 11) is 5.64. The number of nitrogens with zero attached hydrogens (tertiary/aromatic N) is 2. The lowest BCUT2D eigenvalue weighted by molar-refractivity contribution is 0.271. The Bertz CT molecular complexity index is 397. The van der Waals surface area contributed by atoms with Gasteiger partial charge in [0.05, 0.1) is 20.0 Å². The molecule has 0 aliphatic carbocycles. The first kappa shape index (κ1) is 18.1. The molecule has 0 fully saturated rings. The predicted octanol–water partition coefficient (Wildman–Crippen LogP) is 2.95. The van der Waals surface area contributed by atoms with E-state index in [-0.39, 0.29) is 5.41 Å². The highest BCUT2D eigenvalue weighted by molar-refractivity contribution is 7.27. The minimum absolute atomic E-state index is 0.0376.